The van der Waals surface area contributed by atoms with Gasteiger partial charge in [0, 0.05) is 94.6 Å². The predicted molar refractivity (Wildman–Crippen MR) is 601 cm³/mol. The summed E-state index contributed by atoms with van der Waals surface area (Å²) in [6.07, 6.45) is 0. The summed E-state index contributed by atoms with van der Waals surface area (Å²) >= 11 is 35.1. The van der Waals surface area contributed by atoms with Crippen LogP contribution in [0.25, 0.3) is 0 Å². The number of carboxylic acids is 6. The van der Waals surface area contributed by atoms with Crippen molar-refractivity contribution in [1.82, 2.24) is 0 Å². The Hall–Kier alpha value is -3.51. The maximum atomic E-state index is 14.0. The number of carbonyl (C=O) groups is 11. The van der Waals surface area contributed by atoms with Gasteiger partial charge >= 0.3 is 29.8 Å². The van der Waals surface area contributed by atoms with E-state index in [-0.39, 0.29) is 33.6 Å². The van der Waals surface area contributed by atoms with Crippen LogP contribution in [0.2, 0.25) is 0 Å². The minimum atomic E-state index is -2.45. The van der Waals surface area contributed by atoms with E-state index in [2.05, 4.69) is 9.47 Å². The van der Waals surface area contributed by atoms with Gasteiger partial charge in [-0.25, -0.2) is 81.0 Å². The van der Waals surface area contributed by atoms with Crippen LogP contribution >= 0.6 is 407 Å². The number of carboxylic acid groups (broad SMARTS) is 6. The van der Waals surface area contributed by atoms with E-state index in [0.29, 0.717) is 53.9 Å². The molecule has 752 valence electrons. The molecule has 0 amide bonds. The maximum Gasteiger partial charge on any atom is 0.344 e. The average molecular weight is 4020 g/mol. The number of carbonyl (C=O) groups excluding carboxylic acids is 11. The fourth-order valence-electron chi connectivity index (χ4n) is 10.2. The van der Waals surface area contributed by atoms with Crippen LogP contribution in [0.5, 0.6) is 34.5 Å². The van der Waals surface area contributed by atoms with E-state index in [1.54, 1.807) is 75.5 Å². The van der Waals surface area contributed by atoms with Gasteiger partial charge in [0.15, 0.2) is 87.1 Å². The monoisotopic (exact) mass is 4020 g/mol. The van der Waals surface area contributed by atoms with Gasteiger partial charge in [-0.3, -0.25) is 0 Å². The first-order chi connectivity index (χ1) is 66.4. The third-order valence-corrected chi connectivity index (χ3v) is 38.5. The highest BCUT2D eigenvalue weighted by Gasteiger charge is 2.35. The van der Waals surface area contributed by atoms with Gasteiger partial charge in [-0.05, 0) is 510 Å². The summed E-state index contributed by atoms with van der Waals surface area (Å²) in [5.74, 6) is -57.8. The Balaban J connectivity index is 0.000000233. The summed E-state index contributed by atoms with van der Waals surface area (Å²) in [5, 5.41) is 64.7. The molecule has 0 aromatic heterocycles. The molecule has 0 aliphatic rings. The van der Waals surface area contributed by atoms with Crippen molar-refractivity contribution in [2.24, 2.45) is 0 Å². The SMILES string of the molecule is O=C(Oc1c(C(=O)[O-])ccc(F)c1F)c1cc(I)cc(I)c1I.O=C(Oc1c(F)c(F)c(C(=O)[O-])c(F)c1F)c1cc(I)cc(I)c1I.O=C(Oc1c(F)c(F)c(F)c(C(=O)[O-])c1F)c1cc(I)cc(I)c1I.O=C([O-])c1c(F)c(F)c(F)c(F)c1COc1cc(I)cc(I)c1I.O=C([O-])c1cc(OC(=O)c2cc(I)cc(I)c2I)cc(F)c1F.O=C([O-])c1ccc(OC(=O)c2cc(I)cc(I)c2I)c(F)c1F. The third kappa shape index (κ3) is 32.1. The van der Waals surface area contributed by atoms with Crippen molar-refractivity contribution in [3.8, 4) is 34.5 Å². The Morgan fingerprint density at radius 2 is 0.517 bits per heavy atom. The fraction of sp³-hybridized carbons (Fsp3) is 0.0119. The Bertz CT molecular complexity index is 7310. The molecule has 0 radical (unpaired) electrons. The second-order valence-electron chi connectivity index (χ2n) is 25.7. The maximum absolute atomic E-state index is 14.0. The summed E-state index contributed by atoms with van der Waals surface area (Å²) in [6.45, 7) is -0.810. The summed E-state index contributed by atoms with van der Waals surface area (Å²) in [4.78, 5) is 126. The van der Waals surface area contributed by atoms with E-state index < -0.39 is 245 Å². The lowest BCUT2D eigenvalue weighted by atomic mass is 10.1. The first-order valence-corrected chi connectivity index (χ1v) is 54.7. The summed E-state index contributed by atoms with van der Waals surface area (Å²) in [5.41, 5.74) is -8.47. The van der Waals surface area contributed by atoms with Gasteiger partial charge in [-0.1, -0.05) is 0 Å². The van der Waals surface area contributed by atoms with E-state index >= 15 is 0 Å². The van der Waals surface area contributed by atoms with Gasteiger partial charge in [0.2, 0.25) is 40.6 Å². The number of hydrogen-bond acceptors (Lipinski definition) is 23. The van der Waals surface area contributed by atoms with Crippen LogP contribution in [0.3, 0.4) is 0 Å². The molecular formula is C84H20F18I18O23-6. The van der Waals surface area contributed by atoms with Gasteiger partial charge in [0.1, 0.15) is 18.1 Å². The van der Waals surface area contributed by atoms with Gasteiger partial charge < -0.3 is 87.8 Å². The Kier molecular flexibility index (Phi) is 49.4. The van der Waals surface area contributed by atoms with Crippen molar-refractivity contribution in [2.75, 3.05) is 0 Å². The molecule has 0 N–H and O–H groups in total. The number of halogens is 36. The molecule has 0 fully saturated rings. The van der Waals surface area contributed by atoms with Gasteiger partial charge in [0.05, 0.1) is 78.3 Å². The molecule has 23 nitrogen and oxygen atoms in total. The molecule has 0 unspecified atom stereocenters. The lowest BCUT2D eigenvalue weighted by Crippen LogP contribution is -2.27. The topological polar surface area (TPSA) is 382 Å². The van der Waals surface area contributed by atoms with Crippen molar-refractivity contribution in [2.45, 2.75) is 6.61 Å². The van der Waals surface area contributed by atoms with Crippen LogP contribution in [0, 0.1) is 169 Å². The highest BCUT2D eigenvalue weighted by Crippen LogP contribution is 2.39. The summed E-state index contributed by atoms with van der Waals surface area (Å²) in [7, 11) is 0. The zero-order valence-electron chi connectivity index (χ0n) is 66.6. The lowest BCUT2D eigenvalue weighted by molar-refractivity contribution is -0.256. The van der Waals surface area contributed by atoms with Crippen LogP contribution in [0.1, 0.15) is 120 Å². The third-order valence-electron chi connectivity index (χ3n) is 16.6. The molecule has 0 aliphatic carbocycles. The summed E-state index contributed by atoms with van der Waals surface area (Å²) < 4.78 is 286. The van der Waals surface area contributed by atoms with E-state index in [9.17, 15) is 162 Å². The standard InChI is InChI=1S/2C14H3F4I3O4.C14H5F4I3O3.3C14H5F2I3O4/c15-7-6(13(22)23)8(16)12(10(18)9(7)17)25-14(24)4-1-3(19)2-5(20)11(4)21;15-7-6(13(22)23)8(16)10(18)12(9(7)17)25-14(24)4-1-3(19)2-5(20)11(4)21;15-9-5(8(14(22)23)10(16)12(18)11(9)17)3-24-7-2-4(19)1-6(20)13(7)21;15-9-4-6(3-7(11(9)16)13(20)21)23-14(22)8-1-5(17)2-10(18)12(8)19;15-10-6(13(20)21)1-2-9(11(10)16)23-14(22)7-3-5(17)4-8(18)12(7)19;15-8-2-1-6(13(20)21)12(10(8)16)23-14(22)7-3-5(17)4-9(18)11(7)19/h2*1-2H,(H,22,23);1-2H,3H2,(H,22,23);3*1-4H,(H,20,21)/p-6. The minimum absolute atomic E-state index is 0.0829. The molecule has 12 aromatic carbocycles. The van der Waals surface area contributed by atoms with Crippen molar-refractivity contribution in [3.05, 3.63) is 345 Å². The number of esters is 5. The van der Waals surface area contributed by atoms with Crippen molar-refractivity contribution in [1.29, 1.82) is 0 Å². The highest BCUT2D eigenvalue weighted by molar-refractivity contribution is 14.1. The van der Waals surface area contributed by atoms with E-state index in [0.717, 1.165) is 46.8 Å². The van der Waals surface area contributed by atoms with E-state index in [1.807, 2.05) is 386 Å². The van der Waals surface area contributed by atoms with Crippen molar-refractivity contribution >= 4 is 472 Å². The fourth-order valence-corrected chi connectivity index (χ4v) is 24.3. The Morgan fingerprint density at radius 1 is 0.217 bits per heavy atom. The molecule has 0 spiro atoms. The molecule has 0 saturated carbocycles. The zero-order chi connectivity index (χ0) is 108. The quantitative estimate of drug-likeness (QED) is 0.0181. The molecule has 143 heavy (non-hydrogen) atoms. The van der Waals surface area contributed by atoms with Crippen LogP contribution < -0.4 is 59.1 Å². The predicted octanol–water partition coefficient (Wildman–Crippen LogP) is 21.4. The number of rotatable bonds is 19. The second kappa shape index (κ2) is 55.9. The highest BCUT2D eigenvalue weighted by atomic mass is 127. The second-order valence-corrected chi connectivity index (χ2v) is 46.6. The number of ether oxygens (including phenoxy) is 6. The minimum Gasteiger partial charge on any atom is -0.545 e. The lowest BCUT2D eigenvalue weighted by Gasteiger charge is -2.16. The molecule has 0 heterocycles. The van der Waals surface area contributed by atoms with Gasteiger partial charge in [-0.15, -0.1) is 0 Å². The molecule has 0 saturated heterocycles. The Morgan fingerprint density at radius 3 is 0.895 bits per heavy atom. The zero-order valence-corrected chi connectivity index (χ0v) is 105. The normalized spacial score (nSPS) is 10.6. The largest absolute Gasteiger partial charge is 0.545 e. The van der Waals surface area contributed by atoms with Crippen LogP contribution in [-0.4, -0.2) is 65.7 Å². The van der Waals surface area contributed by atoms with E-state index in [4.69, 9.17) is 18.9 Å². The number of aromatic carboxylic acids is 6. The molecule has 59 heteroatoms. The van der Waals surface area contributed by atoms with Crippen molar-refractivity contribution in [3.63, 3.8) is 0 Å². The van der Waals surface area contributed by atoms with Gasteiger partial charge in [-0.2, -0.15) is 22.0 Å². The smallest absolute Gasteiger partial charge is 0.344 e. The number of hydrogen-bond donors (Lipinski definition) is 0. The van der Waals surface area contributed by atoms with Crippen LogP contribution in [0.4, 0.5) is 79.0 Å². The van der Waals surface area contributed by atoms with Crippen LogP contribution in [0.15, 0.2) is 109 Å². The molecule has 0 bridgehead atoms. The molecule has 12 aromatic rings. The van der Waals surface area contributed by atoms with Crippen molar-refractivity contribution < 1.29 is 191 Å². The first kappa shape index (κ1) is 126. The Labute approximate surface area is 1030 Å². The van der Waals surface area contributed by atoms with E-state index in [1.165, 1.54) is 18.2 Å². The first-order valence-electron chi connectivity index (χ1n) is 35.3. The molecule has 12 rings (SSSR count). The summed E-state index contributed by atoms with van der Waals surface area (Å²) in [6, 6.07) is 24.0. The molecule has 0 atom stereocenters. The average Bonchev–Trinajstić information content (AvgIpc) is 0.776. The van der Waals surface area contributed by atoms with Crippen LogP contribution in [-0.2, 0) is 6.61 Å². The molecular weight excluding hydrogens is 4000 g/mol. The number of benzene rings is 12. The molecule has 0 aliphatic heterocycles. The van der Waals surface area contributed by atoms with Gasteiger partial charge in [0.25, 0.3) is 0 Å².